The molecule has 0 saturated carbocycles. The van der Waals surface area contributed by atoms with Crippen molar-refractivity contribution in [2.75, 3.05) is 34.8 Å². The Bertz CT molecular complexity index is 1790. The Morgan fingerprint density at radius 3 is 2.58 bits per heavy atom. The predicted molar refractivity (Wildman–Crippen MR) is 164 cm³/mol. The van der Waals surface area contributed by atoms with E-state index in [9.17, 15) is 24.5 Å². The van der Waals surface area contributed by atoms with Crippen LogP contribution in [0.25, 0.3) is 11.6 Å². The van der Waals surface area contributed by atoms with E-state index >= 15 is 0 Å². The highest BCUT2D eigenvalue weighted by molar-refractivity contribution is 6.35. The smallest absolute Gasteiger partial charge is 0.270 e. The molecule has 5 rings (SSSR count). The average molecular weight is 581 g/mol. The van der Waals surface area contributed by atoms with Gasteiger partial charge in [-0.2, -0.15) is 0 Å². The van der Waals surface area contributed by atoms with Crippen LogP contribution in [0.3, 0.4) is 0 Å². The summed E-state index contributed by atoms with van der Waals surface area (Å²) in [6, 6.07) is 14.4. The number of carbonyl (C=O) groups excluding carboxylic acids is 3. The summed E-state index contributed by atoms with van der Waals surface area (Å²) >= 11 is 0. The number of nitrogens with one attached hydrogen (secondary N) is 5. The molecule has 3 heterocycles. The number of aryl methyl sites for hydroxylation is 1. The zero-order valence-corrected chi connectivity index (χ0v) is 23.3. The fourth-order valence-electron chi connectivity index (χ4n) is 4.73. The van der Waals surface area contributed by atoms with E-state index in [0.717, 1.165) is 0 Å². The molecule has 13 heteroatoms. The lowest BCUT2D eigenvalue weighted by Gasteiger charge is -2.10. The summed E-state index contributed by atoms with van der Waals surface area (Å²) in [5.41, 5.74) is 10.5. The zero-order chi connectivity index (χ0) is 30.7. The Hall–Kier alpha value is -5.98. The van der Waals surface area contributed by atoms with E-state index in [-0.39, 0.29) is 35.5 Å². The van der Waals surface area contributed by atoms with Crippen molar-refractivity contribution >= 4 is 57.9 Å². The fraction of sp³-hybridized carbons (Fsp3) is 0.133. The van der Waals surface area contributed by atoms with Gasteiger partial charge in [0.25, 0.3) is 23.4 Å². The molecule has 4 aromatic rings. The number of hydrogen-bond acceptors (Lipinski definition) is 8. The SMILES string of the molecule is Cc1[nH]c(C=C2C(=O)Nc3ccc([N+](=O)[O-])cc32)c(C)c1C(=O)NCCNc1ccc(C(=O)Nc2ccccc2N)cn1. The number of para-hydroxylation sites is 2. The molecule has 43 heavy (non-hydrogen) atoms. The minimum atomic E-state index is -0.518. The third-order valence-corrected chi connectivity index (χ3v) is 6.94. The van der Waals surface area contributed by atoms with Gasteiger partial charge < -0.3 is 32.0 Å². The first kappa shape index (κ1) is 28.5. The van der Waals surface area contributed by atoms with Crippen molar-refractivity contribution in [2.45, 2.75) is 13.8 Å². The minimum absolute atomic E-state index is 0.125. The summed E-state index contributed by atoms with van der Waals surface area (Å²) in [5.74, 6) is -0.494. The van der Waals surface area contributed by atoms with Crippen LogP contribution in [0.2, 0.25) is 0 Å². The number of aromatic amines is 1. The molecule has 2 aromatic carbocycles. The molecule has 0 saturated heterocycles. The van der Waals surface area contributed by atoms with Crippen LogP contribution in [0.15, 0.2) is 60.8 Å². The Labute approximate surface area is 245 Å². The number of rotatable bonds is 9. The minimum Gasteiger partial charge on any atom is -0.397 e. The summed E-state index contributed by atoms with van der Waals surface area (Å²) < 4.78 is 0. The Morgan fingerprint density at radius 2 is 1.86 bits per heavy atom. The van der Waals surface area contributed by atoms with Crippen molar-refractivity contribution in [3.05, 3.63) is 105 Å². The summed E-state index contributed by atoms with van der Waals surface area (Å²) in [4.78, 5) is 56.2. The number of aromatic nitrogens is 2. The number of hydrogen-bond donors (Lipinski definition) is 6. The molecule has 1 aliphatic heterocycles. The van der Waals surface area contributed by atoms with E-state index in [1.54, 1.807) is 56.3 Å². The van der Waals surface area contributed by atoms with E-state index in [0.29, 0.717) is 63.1 Å². The molecule has 13 nitrogen and oxygen atoms in total. The molecular weight excluding hydrogens is 552 g/mol. The number of pyridine rings is 1. The number of nitro groups is 1. The van der Waals surface area contributed by atoms with Gasteiger partial charge in [-0.15, -0.1) is 0 Å². The van der Waals surface area contributed by atoms with Gasteiger partial charge in [0.2, 0.25) is 0 Å². The molecule has 0 aliphatic carbocycles. The molecule has 0 fully saturated rings. The second-order valence-electron chi connectivity index (χ2n) is 9.82. The molecule has 0 radical (unpaired) electrons. The Morgan fingerprint density at radius 1 is 1.07 bits per heavy atom. The number of H-pyrrole nitrogens is 1. The molecule has 3 amide bonds. The van der Waals surface area contributed by atoms with Gasteiger partial charge in [-0.05, 0) is 55.8 Å². The van der Waals surface area contributed by atoms with Crippen LogP contribution in [-0.4, -0.2) is 45.7 Å². The van der Waals surface area contributed by atoms with Crippen molar-refractivity contribution < 1.29 is 19.3 Å². The molecule has 218 valence electrons. The van der Waals surface area contributed by atoms with Crippen molar-refractivity contribution in [1.29, 1.82) is 0 Å². The van der Waals surface area contributed by atoms with Crippen LogP contribution >= 0.6 is 0 Å². The van der Waals surface area contributed by atoms with Gasteiger partial charge in [-0.25, -0.2) is 4.98 Å². The van der Waals surface area contributed by atoms with Crippen molar-refractivity contribution in [3.8, 4) is 0 Å². The second-order valence-corrected chi connectivity index (χ2v) is 9.82. The molecule has 0 unspecified atom stereocenters. The van der Waals surface area contributed by atoms with Crippen LogP contribution in [0, 0.1) is 24.0 Å². The standard InChI is InChI=1S/C30H28N8O5/c1-16-25(14-21-20-13-19(38(42)43)8-9-23(20)36-29(21)40)35-17(2)27(16)30(41)33-12-11-32-26-10-7-18(15-34-26)28(39)37-24-6-4-3-5-22(24)31/h3-10,13-15,35H,11-12,31H2,1-2H3,(H,32,34)(H,33,41)(H,36,40)(H,37,39). The number of non-ortho nitro benzene ring substituents is 1. The predicted octanol–water partition coefficient (Wildman–Crippen LogP) is 4.10. The van der Waals surface area contributed by atoms with Gasteiger partial charge >= 0.3 is 0 Å². The third kappa shape index (κ3) is 6.05. The Kier molecular flexibility index (Phi) is 7.88. The highest BCUT2D eigenvalue weighted by Crippen LogP contribution is 2.36. The van der Waals surface area contributed by atoms with Gasteiger partial charge in [-0.1, -0.05) is 12.1 Å². The molecule has 7 N–H and O–H groups in total. The van der Waals surface area contributed by atoms with Crippen molar-refractivity contribution in [2.24, 2.45) is 0 Å². The molecule has 0 bridgehead atoms. The first-order chi connectivity index (χ1) is 20.6. The van der Waals surface area contributed by atoms with Gasteiger partial charge in [0, 0.05) is 54.1 Å². The lowest BCUT2D eigenvalue weighted by atomic mass is 10.0. The van der Waals surface area contributed by atoms with E-state index in [1.807, 2.05) is 0 Å². The van der Waals surface area contributed by atoms with E-state index in [4.69, 9.17) is 5.73 Å². The van der Waals surface area contributed by atoms with Gasteiger partial charge in [0.05, 0.1) is 33.0 Å². The lowest BCUT2D eigenvalue weighted by molar-refractivity contribution is -0.384. The lowest BCUT2D eigenvalue weighted by Crippen LogP contribution is -2.29. The number of nitro benzene ring substituents is 1. The quantitative estimate of drug-likeness (QED) is 0.0559. The molecule has 1 aliphatic rings. The van der Waals surface area contributed by atoms with Crippen LogP contribution < -0.4 is 27.0 Å². The monoisotopic (exact) mass is 580 g/mol. The first-order valence-corrected chi connectivity index (χ1v) is 13.3. The topological polar surface area (TPSA) is 197 Å². The number of nitrogens with zero attached hydrogens (tertiary/aromatic N) is 2. The largest absolute Gasteiger partial charge is 0.397 e. The number of nitrogens with two attached hydrogens (primary N) is 1. The van der Waals surface area contributed by atoms with Gasteiger partial charge in [0.15, 0.2) is 0 Å². The van der Waals surface area contributed by atoms with Crippen molar-refractivity contribution in [3.63, 3.8) is 0 Å². The van der Waals surface area contributed by atoms with E-state index < -0.39 is 4.92 Å². The number of amides is 3. The third-order valence-electron chi connectivity index (χ3n) is 6.94. The van der Waals surface area contributed by atoms with E-state index in [2.05, 4.69) is 31.2 Å². The highest BCUT2D eigenvalue weighted by atomic mass is 16.6. The maximum Gasteiger partial charge on any atom is 0.270 e. The highest BCUT2D eigenvalue weighted by Gasteiger charge is 2.27. The van der Waals surface area contributed by atoms with E-state index in [1.165, 1.54) is 24.4 Å². The van der Waals surface area contributed by atoms with Gasteiger partial charge in [-0.3, -0.25) is 24.5 Å². The number of anilines is 4. The molecule has 2 aromatic heterocycles. The zero-order valence-electron chi connectivity index (χ0n) is 23.3. The van der Waals surface area contributed by atoms with Crippen LogP contribution in [-0.2, 0) is 4.79 Å². The summed E-state index contributed by atoms with van der Waals surface area (Å²) in [5, 5.41) is 22.6. The normalized spacial score (nSPS) is 12.9. The van der Waals surface area contributed by atoms with Crippen LogP contribution in [0.1, 0.15) is 43.2 Å². The molecule has 0 spiro atoms. The second kappa shape index (κ2) is 11.9. The molecular formula is C30H28N8O5. The number of carbonyl (C=O) groups is 3. The van der Waals surface area contributed by atoms with Crippen LogP contribution in [0.4, 0.5) is 28.6 Å². The average Bonchev–Trinajstić information content (AvgIpc) is 3.45. The number of benzene rings is 2. The summed E-state index contributed by atoms with van der Waals surface area (Å²) in [6.07, 6.45) is 3.04. The summed E-state index contributed by atoms with van der Waals surface area (Å²) in [6.45, 7) is 4.18. The maximum absolute atomic E-state index is 13.0. The number of fused-ring (bicyclic) bond motifs is 1. The fourth-order valence-corrected chi connectivity index (χ4v) is 4.73. The van der Waals surface area contributed by atoms with Gasteiger partial charge in [0.1, 0.15) is 5.82 Å². The van der Waals surface area contributed by atoms with Crippen molar-refractivity contribution in [1.82, 2.24) is 15.3 Å². The number of nitrogen functional groups attached to an aromatic ring is 1. The molecule has 0 atom stereocenters. The summed E-state index contributed by atoms with van der Waals surface area (Å²) in [7, 11) is 0. The maximum atomic E-state index is 13.0. The Balaban J connectivity index is 1.18. The first-order valence-electron chi connectivity index (χ1n) is 13.3. The van der Waals surface area contributed by atoms with Crippen LogP contribution in [0.5, 0.6) is 0 Å².